The molecule has 0 aromatic heterocycles. The van der Waals surface area contributed by atoms with Gasteiger partial charge in [-0.2, -0.15) is 5.26 Å². The van der Waals surface area contributed by atoms with Gasteiger partial charge in [-0.1, -0.05) is 37.3 Å². The van der Waals surface area contributed by atoms with E-state index in [-0.39, 0.29) is 24.2 Å². The van der Waals surface area contributed by atoms with Crippen LogP contribution in [-0.2, 0) is 16.0 Å². The van der Waals surface area contributed by atoms with E-state index in [4.69, 9.17) is 10.5 Å². The lowest BCUT2D eigenvalue weighted by molar-refractivity contribution is -0.146. The molecule has 0 heterocycles. The second-order valence-corrected chi connectivity index (χ2v) is 8.59. The first-order chi connectivity index (χ1) is 14.9. The maximum absolute atomic E-state index is 13.0. The van der Waals surface area contributed by atoms with Crippen molar-refractivity contribution in [1.29, 1.82) is 5.26 Å². The van der Waals surface area contributed by atoms with Gasteiger partial charge < -0.3 is 15.6 Å². The van der Waals surface area contributed by atoms with Gasteiger partial charge in [0.2, 0.25) is 0 Å². The number of Topliss-reactive ketones (excluding diaryl/α,β-unsaturated/α-hetero) is 1. The summed E-state index contributed by atoms with van der Waals surface area (Å²) in [6.45, 7) is 1.56. The molecule has 0 radical (unpaired) electrons. The van der Waals surface area contributed by atoms with Crippen LogP contribution in [0.2, 0.25) is 0 Å². The van der Waals surface area contributed by atoms with Crippen LogP contribution in [-0.4, -0.2) is 23.4 Å². The number of nitriles is 1. The average Bonchev–Trinajstić information content (AvgIpc) is 3.32. The summed E-state index contributed by atoms with van der Waals surface area (Å²) >= 11 is 0. The first kappa shape index (κ1) is 21.1. The molecular weight excluding hydrogens is 392 g/mol. The molecule has 6 nitrogen and oxygen atoms in total. The van der Waals surface area contributed by atoms with Gasteiger partial charge in [0.05, 0.1) is 18.0 Å². The molecule has 5 atom stereocenters. The van der Waals surface area contributed by atoms with E-state index in [1.165, 1.54) is 0 Å². The molecule has 2 aliphatic rings. The highest BCUT2D eigenvalue weighted by Gasteiger charge is 2.82. The summed E-state index contributed by atoms with van der Waals surface area (Å²) in [5.74, 6) is -0.772. The van der Waals surface area contributed by atoms with Crippen molar-refractivity contribution in [2.45, 2.75) is 26.2 Å². The Morgan fingerprint density at radius 2 is 1.90 bits per heavy atom. The van der Waals surface area contributed by atoms with Crippen molar-refractivity contribution in [3.8, 4) is 17.6 Å². The maximum atomic E-state index is 13.0. The van der Waals surface area contributed by atoms with Crippen molar-refractivity contribution >= 4 is 11.8 Å². The highest BCUT2D eigenvalue weighted by atomic mass is 16.5. The normalized spacial score (nSPS) is 30.8. The van der Waals surface area contributed by atoms with Crippen LogP contribution in [0.5, 0.6) is 11.5 Å². The predicted octanol–water partition coefficient (Wildman–Crippen LogP) is 3.81. The van der Waals surface area contributed by atoms with Crippen molar-refractivity contribution in [2.24, 2.45) is 34.3 Å². The maximum Gasteiger partial charge on any atom is 0.310 e. The number of para-hydroxylation sites is 1. The van der Waals surface area contributed by atoms with E-state index in [2.05, 4.69) is 6.07 Å². The van der Waals surface area contributed by atoms with E-state index in [0.717, 1.165) is 11.3 Å². The van der Waals surface area contributed by atoms with E-state index in [1.54, 1.807) is 0 Å². The van der Waals surface area contributed by atoms with Gasteiger partial charge in [0.1, 0.15) is 16.9 Å². The van der Waals surface area contributed by atoms with E-state index >= 15 is 0 Å². The van der Waals surface area contributed by atoms with Crippen LogP contribution in [0.3, 0.4) is 0 Å². The fourth-order valence-electron chi connectivity index (χ4n) is 5.94. The van der Waals surface area contributed by atoms with Crippen LogP contribution in [0, 0.1) is 39.9 Å². The zero-order valence-electron chi connectivity index (χ0n) is 17.5. The Balaban J connectivity index is 1.62. The number of fused-ring (bicyclic) bond motifs is 1. The topological polar surface area (TPSA) is 113 Å². The minimum Gasteiger partial charge on any atom is -0.481 e. The molecule has 2 aliphatic carbocycles. The van der Waals surface area contributed by atoms with E-state index in [0.29, 0.717) is 25.0 Å². The molecule has 31 heavy (non-hydrogen) atoms. The quantitative estimate of drug-likeness (QED) is 0.674. The summed E-state index contributed by atoms with van der Waals surface area (Å²) in [6.07, 6.45) is 1.44. The molecule has 2 saturated carbocycles. The number of hydrogen-bond donors (Lipinski definition) is 2. The standard InChI is InChI=1S/C25H26N2O4/c1-2-24(23(29)30)20-13-17(25(15-27,22(20)24)21(28)14-26)11-16-7-6-10-19(12-16)31-18-8-4-3-5-9-18/h3-10,12,17,20,22H,2,11,13-14,26H2,1H3,(H,29,30). The van der Waals surface area contributed by atoms with Gasteiger partial charge in [-0.25, -0.2) is 0 Å². The average molecular weight is 418 g/mol. The molecule has 5 unspecified atom stereocenters. The molecule has 0 amide bonds. The molecule has 0 spiro atoms. The van der Waals surface area contributed by atoms with Crippen molar-refractivity contribution in [3.05, 3.63) is 60.2 Å². The summed E-state index contributed by atoms with van der Waals surface area (Å²) in [4.78, 5) is 25.0. The summed E-state index contributed by atoms with van der Waals surface area (Å²) < 4.78 is 5.91. The molecule has 160 valence electrons. The largest absolute Gasteiger partial charge is 0.481 e. The number of ketones is 1. The van der Waals surface area contributed by atoms with Crippen LogP contribution in [0.15, 0.2) is 54.6 Å². The van der Waals surface area contributed by atoms with Crippen molar-refractivity contribution in [3.63, 3.8) is 0 Å². The summed E-state index contributed by atoms with van der Waals surface area (Å²) in [5.41, 5.74) is 4.30. The first-order valence-electron chi connectivity index (χ1n) is 10.6. The van der Waals surface area contributed by atoms with Crippen LogP contribution >= 0.6 is 0 Å². The number of aliphatic carboxylic acids is 1. The number of nitrogens with two attached hydrogens (primary N) is 1. The molecule has 0 saturated heterocycles. The number of ether oxygens (including phenoxy) is 1. The summed E-state index contributed by atoms with van der Waals surface area (Å²) in [7, 11) is 0. The van der Waals surface area contributed by atoms with Gasteiger partial charge in [0.25, 0.3) is 0 Å². The predicted molar refractivity (Wildman–Crippen MR) is 114 cm³/mol. The third kappa shape index (κ3) is 3.12. The lowest BCUT2D eigenvalue weighted by atomic mass is 9.65. The zero-order chi connectivity index (χ0) is 22.2. The lowest BCUT2D eigenvalue weighted by Crippen LogP contribution is -2.45. The fourth-order valence-corrected chi connectivity index (χ4v) is 5.94. The SMILES string of the molecule is CCC1(C(=O)O)C2CC(Cc3cccc(Oc4ccccc4)c3)C(C#N)(C(=O)CN)C21. The second-order valence-electron chi connectivity index (χ2n) is 8.59. The number of hydrogen-bond acceptors (Lipinski definition) is 5. The van der Waals surface area contributed by atoms with Crippen LogP contribution in [0.25, 0.3) is 0 Å². The molecule has 4 rings (SSSR count). The van der Waals surface area contributed by atoms with Gasteiger partial charge in [0, 0.05) is 5.92 Å². The van der Waals surface area contributed by atoms with Gasteiger partial charge in [-0.15, -0.1) is 0 Å². The Kier molecular flexibility index (Phi) is 5.32. The molecule has 2 aromatic carbocycles. The Hall–Kier alpha value is -3.17. The number of carboxylic acid groups (broad SMARTS) is 1. The van der Waals surface area contributed by atoms with E-state index < -0.39 is 22.7 Å². The number of carbonyl (C=O) groups excluding carboxylic acids is 1. The Labute approximate surface area is 181 Å². The van der Waals surface area contributed by atoms with Gasteiger partial charge in [-0.05, 0) is 60.9 Å². The van der Waals surface area contributed by atoms with Gasteiger partial charge in [-0.3, -0.25) is 9.59 Å². The van der Waals surface area contributed by atoms with Crippen molar-refractivity contribution in [1.82, 2.24) is 0 Å². The van der Waals surface area contributed by atoms with Crippen LogP contribution in [0.1, 0.15) is 25.3 Å². The number of benzene rings is 2. The fraction of sp³-hybridized carbons (Fsp3) is 0.400. The monoisotopic (exact) mass is 418 g/mol. The second kappa shape index (κ2) is 7.82. The zero-order valence-corrected chi connectivity index (χ0v) is 17.5. The smallest absolute Gasteiger partial charge is 0.310 e. The van der Waals surface area contributed by atoms with Gasteiger partial charge in [0.15, 0.2) is 5.78 Å². The summed E-state index contributed by atoms with van der Waals surface area (Å²) in [5, 5.41) is 20.1. The highest BCUT2D eigenvalue weighted by molar-refractivity contribution is 5.94. The van der Waals surface area contributed by atoms with Crippen LogP contribution in [0.4, 0.5) is 0 Å². The molecule has 2 fully saturated rings. The molecular formula is C25H26N2O4. The Morgan fingerprint density at radius 1 is 1.19 bits per heavy atom. The number of rotatable bonds is 8. The van der Waals surface area contributed by atoms with Crippen molar-refractivity contribution < 1.29 is 19.4 Å². The summed E-state index contributed by atoms with van der Waals surface area (Å²) in [6, 6.07) is 19.3. The van der Waals surface area contributed by atoms with Crippen LogP contribution < -0.4 is 10.5 Å². The van der Waals surface area contributed by atoms with Crippen molar-refractivity contribution in [2.75, 3.05) is 6.54 Å². The van der Waals surface area contributed by atoms with E-state index in [1.807, 2.05) is 61.5 Å². The lowest BCUT2D eigenvalue weighted by Gasteiger charge is -2.33. The molecule has 6 heteroatoms. The van der Waals surface area contributed by atoms with E-state index in [9.17, 15) is 20.0 Å². The number of carboxylic acids is 1. The molecule has 0 bridgehead atoms. The third-order valence-electron chi connectivity index (χ3n) is 7.36. The number of carbonyl (C=O) groups is 2. The first-order valence-corrected chi connectivity index (χ1v) is 10.6. The molecule has 3 N–H and O–H groups in total. The Morgan fingerprint density at radius 3 is 2.52 bits per heavy atom. The minimum atomic E-state index is -1.36. The third-order valence-corrected chi connectivity index (χ3v) is 7.36. The molecule has 0 aliphatic heterocycles. The Bertz CT molecular complexity index is 1050. The minimum absolute atomic E-state index is 0.168. The van der Waals surface area contributed by atoms with Gasteiger partial charge >= 0.3 is 5.97 Å². The molecule has 2 aromatic rings. The highest BCUT2D eigenvalue weighted by Crippen LogP contribution is 2.77. The number of nitrogens with zero attached hydrogens (tertiary/aromatic N) is 1.